The molecule has 0 spiro atoms. The Balaban J connectivity index is 2.29. The summed E-state index contributed by atoms with van der Waals surface area (Å²) in [5.74, 6) is -1.15. The zero-order valence-electron chi connectivity index (χ0n) is 8.58. The van der Waals surface area contributed by atoms with E-state index in [0.717, 1.165) is 0 Å². The van der Waals surface area contributed by atoms with E-state index in [2.05, 4.69) is 5.10 Å². The molecule has 1 amide bonds. The number of alkyl halides is 3. The molecule has 0 radical (unpaired) electrons. The molecule has 4 nitrogen and oxygen atoms in total. The Kier molecular flexibility index (Phi) is 2.27. The number of carbonyl (C=O) groups is 1. The number of amides is 1. The predicted octanol–water partition coefficient (Wildman–Crippen LogP) is 1.26. The topological polar surface area (TPSA) is 52.9 Å². The second kappa shape index (κ2) is 3.19. The number of halogens is 3. The van der Waals surface area contributed by atoms with Crippen molar-refractivity contribution in [3.8, 4) is 0 Å². The molecular formula is C9H11F3N2O2. The van der Waals surface area contributed by atoms with Crippen LogP contribution in [0.1, 0.15) is 26.2 Å². The fraction of sp³-hybridized carbons (Fsp3) is 0.778. The molecule has 0 aromatic heterocycles. The Labute approximate surface area is 89.7 Å². The molecular weight excluding hydrogens is 225 g/mol. The van der Waals surface area contributed by atoms with Crippen LogP contribution in [-0.4, -0.2) is 33.6 Å². The van der Waals surface area contributed by atoms with E-state index in [0.29, 0.717) is 12.8 Å². The third-order valence-corrected chi connectivity index (χ3v) is 2.71. The summed E-state index contributed by atoms with van der Waals surface area (Å²) >= 11 is 0. The Morgan fingerprint density at radius 2 is 2.12 bits per heavy atom. The molecule has 0 bridgehead atoms. The van der Waals surface area contributed by atoms with E-state index < -0.39 is 30.1 Å². The monoisotopic (exact) mass is 236 g/mol. The first kappa shape index (κ1) is 11.4. The molecule has 1 fully saturated rings. The van der Waals surface area contributed by atoms with Crippen LogP contribution in [0.5, 0.6) is 0 Å². The Hall–Kier alpha value is -1.11. The smallest absolute Gasteiger partial charge is 0.362 e. The molecule has 90 valence electrons. The number of carbonyl (C=O) groups excluding carboxylic acids is 1. The lowest BCUT2D eigenvalue weighted by molar-refractivity contribution is -0.302. The molecule has 2 rings (SSSR count). The summed E-state index contributed by atoms with van der Waals surface area (Å²) in [7, 11) is 0. The zero-order chi connectivity index (χ0) is 12.1. The van der Waals surface area contributed by atoms with Gasteiger partial charge in [0.1, 0.15) is 0 Å². The minimum atomic E-state index is -4.89. The van der Waals surface area contributed by atoms with Gasteiger partial charge in [0.2, 0.25) is 5.91 Å². The van der Waals surface area contributed by atoms with Crippen LogP contribution >= 0.6 is 0 Å². The van der Waals surface area contributed by atoms with Crippen molar-refractivity contribution in [2.24, 2.45) is 11.0 Å². The molecule has 0 aromatic rings. The van der Waals surface area contributed by atoms with E-state index in [-0.39, 0.29) is 10.7 Å². The van der Waals surface area contributed by atoms with E-state index in [1.165, 1.54) is 6.92 Å². The van der Waals surface area contributed by atoms with Crippen molar-refractivity contribution in [1.29, 1.82) is 0 Å². The van der Waals surface area contributed by atoms with Crippen molar-refractivity contribution in [3.05, 3.63) is 0 Å². The molecule has 1 aliphatic heterocycles. The van der Waals surface area contributed by atoms with Gasteiger partial charge in [0.25, 0.3) is 5.72 Å². The van der Waals surface area contributed by atoms with Gasteiger partial charge in [0.05, 0.1) is 0 Å². The van der Waals surface area contributed by atoms with Crippen molar-refractivity contribution < 1.29 is 23.1 Å². The van der Waals surface area contributed by atoms with Crippen molar-refractivity contribution in [1.82, 2.24) is 5.01 Å². The molecule has 0 aromatic carbocycles. The van der Waals surface area contributed by atoms with Crippen molar-refractivity contribution in [3.63, 3.8) is 0 Å². The highest BCUT2D eigenvalue weighted by Crippen LogP contribution is 2.43. The second-order valence-electron chi connectivity index (χ2n) is 4.25. The average molecular weight is 236 g/mol. The zero-order valence-corrected chi connectivity index (χ0v) is 8.58. The number of hydrogen-bond acceptors (Lipinski definition) is 3. The maximum absolute atomic E-state index is 12.7. The lowest BCUT2D eigenvalue weighted by atomic mass is 10.1. The number of hydrogen-bond donors (Lipinski definition) is 1. The van der Waals surface area contributed by atoms with E-state index >= 15 is 0 Å². The normalized spacial score (nSPS) is 30.6. The first-order chi connectivity index (χ1) is 7.25. The summed E-state index contributed by atoms with van der Waals surface area (Å²) in [5.41, 5.74) is -3.05. The molecule has 1 heterocycles. The first-order valence-corrected chi connectivity index (χ1v) is 4.93. The minimum Gasteiger partial charge on any atom is -0.362 e. The highest BCUT2D eigenvalue weighted by molar-refractivity contribution is 5.90. The summed E-state index contributed by atoms with van der Waals surface area (Å²) in [5, 5.41) is 13.3. The quantitative estimate of drug-likeness (QED) is 0.745. The largest absolute Gasteiger partial charge is 0.438 e. The maximum atomic E-state index is 12.7. The molecule has 1 aliphatic carbocycles. The van der Waals surface area contributed by atoms with Crippen molar-refractivity contribution in [2.75, 3.05) is 0 Å². The first-order valence-electron chi connectivity index (χ1n) is 4.93. The summed E-state index contributed by atoms with van der Waals surface area (Å²) < 4.78 is 38.1. The summed E-state index contributed by atoms with van der Waals surface area (Å²) in [6, 6.07) is 0. The van der Waals surface area contributed by atoms with Crippen LogP contribution in [-0.2, 0) is 4.79 Å². The molecule has 0 unspecified atom stereocenters. The predicted molar refractivity (Wildman–Crippen MR) is 48.3 cm³/mol. The number of hydrazone groups is 1. The van der Waals surface area contributed by atoms with Crippen LogP contribution < -0.4 is 0 Å². The van der Waals surface area contributed by atoms with Crippen LogP contribution in [0.15, 0.2) is 5.10 Å². The summed E-state index contributed by atoms with van der Waals surface area (Å²) in [6.07, 6.45) is -4.43. The van der Waals surface area contributed by atoms with E-state index in [1.807, 2.05) is 0 Å². The van der Waals surface area contributed by atoms with Crippen LogP contribution in [0.4, 0.5) is 13.2 Å². The van der Waals surface area contributed by atoms with Gasteiger partial charge < -0.3 is 5.11 Å². The van der Waals surface area contributed by atoms with Gasteiger partial charge in [0, 0.05) is 18.1 Å². The highest BCUT2D eigenvalue weighted by atomic mass is 19.4. The lowest BCUT2D eigenvalue weighted by Crippen LogP contribution is -2.57. The van der Waals surface area contributed by atoms with Crippen LogP contribution in [0.3, 0.4) is 0 Å². The van der Waals surface area contributed by atoms with E-state index in [4.69, 9.17) is 0 Å². The molecule has 0 saturated heterocycles. The number of aliphatic hydroxyl groups is 1. The molecule has 7 heteroatoms. The standard InChI is InChI=1S/C9H11F3N2O2/c1-5-4-8(16,9(10,11)12)14(13-5)7(15)6-2-3-6/h6,16H,2-4H2,1H3/t8-/m1/s1. The highest BCUT2D eigenvalue weighted by Gasteiger charge is 2.63. The Morgan fingerprint density at radius 1 is 1.56 bits per heavy atom. The van der Waals surface area contributed by atoms with Crippen molar-refractivity contribution in [2.45, 2.75) is 38.1 Å². The van der Waals surface area contributed by atoms with Crippen molar-refractivity contribution >= 4 is 11.6 Å². The third kappa shape index (κ3) is 1.59. The number of rotatable bonds is 1. The summed E-state index contributed by atoms with van der Waals surface area (Å²) in [6.45, 7) is 1.36. The van der Waals surface area contributed by atoms with Crippen LogP contribution in [0.25, 0.3) is 0 Å². The Bertz CT molecular complexity index is 362. The third-order valence-electron chi connectivity index (χ3n) is 2.71. The van der Waals surface area contributed by atoms with Gasteiger partial charge in [-0.25, -0.2) is 0 Å². The fourth-order valence-electron chi connectivity index (χ4n) is 1.68. The molecule has 16 heavy (non-hydrogen) atoms. The van der Waals surface area contributed by atoms with Crippen LogP contribution in [0.2, 0.25) is 0 Å². The molecule has 1 saturated carbocycles. The number of nitrogens with zero attached hydrogens (tertiary/aromatic N) is 2. The van der Waals surface area contributed by atoms with Gasteiger partial charge in [-0.1, -0.05) is 0 Å². The maximum Gasteiger partial charge on any atom is 0.438 e. The minimum absolute atomic E-state index is 0.105. The fourth-order valence-corrected chi connectivity index (χ4v) is 1.68. The van der Waals surface area contributed by atoms with E-state index in [9.17, 15) is 23.1 Å². The van der Waals surface area contributed by atoms with Gasteiger partial charge in [-0.3, -0.25) is 4.79 Å². The molecule has 2 aliphatic rings. The van der Waals surface area contributed by atoms with Gasteiger partial charge in [0.15, 0.2) is 0 Å². The SMILES string of the molecule is CC1=NN(C(=O)C2CC2)[C@](O)(C(F)(F)F)C1. The summed E-state index contributed by atoms with van der Waals surface area (Å²) in [4.78, 5) is 11.6. The van der Waals surface area contributed by atoms with E-state index in [1.54, 1.807) is 0 Å². The molecule has 1 N–H and O–H groups in total. The second-order valence-corrected chi connectivity index (χ2v) is 4.25. The molecule has 1 atom stereocenters. The van der Waals surface area contributed by atoms with Gasteiger partial charge in [-0.15, -0.1) is 0 Å². The lowest BCUT2D eigenvalue weighted by Gasteiger charge is -2.32. The van der Waals surface area contributed by atoms with Crippen LogP contribution in [0, 0.1) is 5.92 Å². The van der Waals surface area contributed by atoms with Gasteiger partial charge in [-0.2, -0.15) is 23.3 Å². The Morgan fingerprint density at radius 3 is 2.56 bits per heavy atom. The average Bonchev–Trinajstić information content (AvgIpc) is 2.90. The van der Waals surface area contributed by atoms with Gasteiger partial charge >= 0.3 is 6.18 Å². The van der Waals surface area contributed by atoms with Gasteiger partial charge in [-0.05, 0) is 19.8 Å².